The molecule has 1 saturated heterocycles. The van der Waals surface area contributed by atoms with E-state index < -0.39 is 0 Å². The molecule has 5 nitrogen and oxygen atoms in total. The Hall–Kier alpha value is -1.30. The Kier molecular flexibility index (Phi) is 5.01. The highest BCUT2D eigenvalue weighted by molar-refractivity contribution is 7.99. The number of rotatable bonds is 4. The molecule has 0 spiro atoms. The molecule has 2 rings (SSSR count). The monoisotopic (exact) mass is 280 g/mol. The average molecular weight is 280 g/mol. The molecule has 1 atom stereocenters. The molecule has 0 aromatic carbocycles. The van der Waals surface area contributed by atoms with E-state index in [2.05, 4.69) is 27.1 Å². The van der Waals surface area contributed by atoms with Gasteiger partial charge in [-0.05, 0) is 18.6 Å². The number of thioether (sulfide) groups is 1. The zero-order valence-corrected chi connectivity index (χ0v) is 12.2. The predicted octanol–water partition coefficient (Wildman–Crippen LogP) is 1.55. The lowest BCUT2D eigenvalue weighted by atomic mass is 9.97. The molecular weight excluding hydrogens is 260 g/mol. The van der Waals surface area contributed by atoms with Crippen LogP contribution in [-0.4, -0.2) is 41.8 Å². The molecule has 0 bridgehead atoms. The van der Waals surface area contributed by atoms with Crippen molar-refractivity contribution in [2.45, 2.75) is 24.8 Å². The van der Waals surface area contributed by atoms with Gasteiger partial charge in [-0.2, -0.15) is 0 Å². The Labute approximate surface area is 118 Å². The number of piperidine rings is 1. The lowest BCUT2D eigenvalue weighted by molar-refractivity contribution is -0.124. The van der Waals surface area contributed by atoms with Crippen molar-refractivity contribution in [3.63, 3.8) is 0 Å². The molecule has 104 valence electrons. The number of amides is 1. The first-order valence-electron chi connectivity index (χ1n) is 6.66. The van der Waals surface area contributed by atoms with Crippen molar-refractivity contribution in [1.82, 2.24) is 15.3 Å². The summed E-state index contributed by atoms with van der Waals surface area (Å²) in [6, 6.07) is 0. The second kappa shape index (κ2) is 6.75. The topological polar surface area (TPSA) is 58.1 Å². The highest BCUT2D eigenvalue weighted by Gasteiger charge is 2.25. The van der Waals surface area contributed by atoms with Gasteiger partial charge in [-0.3, -0.25) is 9.78 Å². The van der Waals surface area contributed by atoms with E-state index in [4.69, 9.17) is 0 Å². The van der Waals surface area contributed by atoms with Gasteiger partial charge in [0.25, 0.3) is 0 Å². The van der Waals surface area contributed by atoms with Crippen molar-refractivity contribution in [3.05, 3.63) is 12.4 Å². The molecule has 1 N–H and O–H groups in total. The molecule has 1 fully saturated rings. The van der Waals surface area contributed by atoms with Crippen molar-refractivity contribution >= 4 is 23.5 Å². The third kappa shape index (κ3) is 3.59. The van der Waals surface area contributed by atoms with Crippen LogP contribution in [0.15, 0.2) is 17.4 Å². The summed E-state index contributed by atoms with van der Waals surface area (Å²) >= 11 is 1.69. The number of aromatic nitrogens is 2. The van der Waals surface area contributed by atoms with Crippen LogP contribution < -0.4 is 10.2 Å². The van der Waals surface area contributed by atoms with E-state index in [0.29, 0.717) is 0 Å². The molecule has 1 aliphatic rings. The van der Waals surface area contributed by atoms with Crippen LogP contribution >= 0.6 is 11.8 Å². The Morgan fingerprint density at radius 1 is 1.58 bits per heavy atom. The minimum Gasteiger partial charge on any atom is -0.359 e. The van der Waals surface area contributed by atoms with Crippen molar-refractivity contribution in [2.24, 2.45) is 5.92 Å². The SMILES string of the molecule is CCSc1cncc(N2CCC[C@H](C(=O)NC)C2)n1. The number of carbonyl (C=O) groups is 1. The fraction of sp³-hybridized carbons (Fsp3) is 0.615. The zero-order valence-electron chi connectivity index (χ0n) is 11.4. The number of carbonyl (C=O) groups excluding carboxylic acids is 1. The molecule has 1 aliphatic heterocycles. The number of anilines is 1. The summed E-state index contributed by atoms with van der Waals surface area (Å²) in [5.74, 6) is 2.05. The van der Waals surface area contributed by atoms with Gasteiger partial charge in [-0.25, -0.2) is 4.98 Å². The van der Waals surface area contributed by atoms with Crippen molar-refractivity contribution in [2.75, 3.05) is 30.8 Å². The fourth-order valence-electron chi connectivity index (χ4n) is 2.31. The van der Waals surface area contributed by atoms with Crippen LogP contribution in [0.1, 0.15) is 19.8 Å². The first-order chi connectivity index (χ1) is 9.24. The first kappa shape index (κ1) is 14.1. The maximum Gasteiger partial charge on any atom is 0.224 e. The molecule has 2 heterocycles. The summed E-state index contributed by atoms with van der Waals surface area (Å²) in [5.41, 5.74) is 0. The maximum absolute atomic E-state index is 11.7. The van der Waals surface area contributed by atoms with Crippen molar-refractivity contribution in [1.29, 1.82) is 0 Å². The van der Waals surface area contributed by atoms with Crippen LogP contribution in [0.25, 0.3) is 0 Å². The maximum atomic E-state index is 11.7. The van der Waals surface area contributed by atoms with Crippen LogP contribution in [0, 0.1) is 5.92 Å². The standard InChI is InChI=1S/C13H20N4OS/c1-3-19-12-8-15-7-11(16-12)17-6-4-5-10(9-17)13(18)14-2/h7-8,10H,3-6,9H2,1-2H3,(H,14,18)/t10-/m0/s1. The van der Waals surface area contributed by atoms with Gasteiger partial charge in [0.2, 0.25) is 5.91 Å². The number of nitrogens with zero attached hydrogens (tertiary/aromatic N) is 3. The van der Waals surface area contributed by atoms with Crippen molar-refractivity contribution in [3.8, 4) is 0 Å². The molecule has 0 saturated carbocycles. The van der Waals surface area contributed by atoms with Gasteiger partial charge in [0, 0.05) is 20.1 Å². The van der Waals surface area contributed by atoms with Gasteiger partial charge in [0.1, 0.15) is 10.8 Å². The summed E-state index contributed by atoms with van der Waals surface area (Å²) < 4.78 is 0. The second-order valence-electron chi connectivity index (χ2n) is 4.55. The second-order valence-corrected chi connectivity index (χ2v) is 5.83. The van der Waals surface area contributed by atoms with Crippen molar-refractivity contribution < 1.29 is 4.79 Å². The third-order valence-electron chi connectivity index (χ3n) is 3.25. The average Bonchev–Trinajstić information content (AvgIpc) is 2.47. The highest BCUT2D eigenvalue weighted by Crippen LogP contribution is 2.23. The van der Waals surface area contributed by atoms with Gasteiger partial charge in [-0.15, -0.1) is 11.8 Å². The lowest BCUT2D eigenvalue weighted by Gasteiger charge is -2.32. The van der Waals surface area contributed by atoms with E-state index in [0.717, 1.165) is 42.5 Å². The molecule has 1 aromatic heterocycles. The van der Waals surface area contributed by atoms with Gasteiger partial charge in [0.15, 0.2) is 0 Å². The lowest BCUT2D eigenvalue weighted by Crippen LogP contribution is -2.42. The molecular formula is C13H20N4OS. The predicted molar refractivity (Wildman–Crippen MR) is 77.4 cm³/mol. The summed E-state index contributed by atoms with van der Waals surface area (Å²) in [6.07, 6.45) is 5.54. The Morgan fingerprint density at radius 3 is 3.16 bits per heavy atom. The van der Waals surface area contributed by atoms with Gasteiger partial charge >= 0.3 is 0 Å². The zero-order chi connectivity index (χ0) is 13.7. The third-order valence-corrected chi connectivity index (χ3v) is 4.04. The Balaban J connectivity index is 2.08. The Morgan fingerprint density at radius 2 is 2.42 bits per heavy atom. The summed E-state index contributed by atoms with van der Waals surface area (Å²) in [4.78, 5) is 22.7. The normalized spacial score (nSPS) is 19.3. The molecule has 19 heavy (non-hydrogen) atoms. The number of hydrogen-bond acceptors (Lipinski definition) is 5. The molecule has 0 radical (unpaired) electrons. The van der Waals surface area contributed by atoms with E-state index >= 15 is 0 Å². The summed E-state index contributed by atoms with van der Waals surface area (Å²) in [7, 11) is 1.69. The smallest absolute Gasteiger partial charge is 0.224 e. The summed E-state index contributed by atoms with van der Waals surface area (Å²) in [5, 5.41) is 3.68. The van der Waals surface area contributed by atoms with E-state index in [9.17, 15) is 4.79 Å². The number of hydrogen-bond donors (Lipinski definition) is 1. The fourth-order valence-corrected chi connectivity index (χ4v) is 2.90. The molecule has 0 unspecified atom stereocenters. The Bertz CT molecular complexity index is 440. The molecule has 1 amide bonds. The van der Waals surface area contributed by atoms with Crippen LogP contribution in [0.4, 0.5) is 5.82 Å². The first-order valence-corrected chi connectivity index (χ1v) is 7.64. The molecule has 1 aromatic rings. The van der Waals surface area contributed by atoms with Gasteiger partial charge in [0.05, 0.1) is 18.3 Å². The minimum absolute atomic E-state index is 0.0584. The van der Waals surface area contributed by atoms with Gasteiger partial charge in [-0.1, -0.05) is 6.92 Å². The minimum atomic E-state index is 0.0584. The molecule has 6 heteroatoms. The largest absolute Gasteiger partial charge is 0.359 e. The van der Waals surface area contributed by atoms with Crippen LogP contribution in [0.2, 0.25) is 0 Å². The van der Waals surface area contributed by atoms with E-state index in [1.54, 1.807) is 31.2 Å². The summed E-state index contributed by atoms with van der Waals surface area (Å²) in [6.45, 7) is 3.78. The van der Waals surface area contributed by atoms with Crippen LogP contribution in [-0.2, 0) is 4.79 Å². The van der Waals surface area contributed by atoms with E-state index in [1.807, 2.05) is 0 Å². The van der Waals surface area contributed by atoms with Crippen LogP contribution in [0.3, 0.4) is 0 Å². The highest BCUT2D eigenvalue weighted by atomic mass is 32.2. The van der Waals surface area contributed by atoms with E-state index in [-0.39, 0.29) is 11.8 Å². The quantitative estimate of drug-likeness (QED) is 0.848. The van der Waals surface area contributed by atoms with Gasteiger partial charge < -0.3 is 10.2 Å². The van der Waals surface area contributed by atoms with E-state index in [1.165, 1.54) is 0 Å². The number of nitrogens with one attached hydrogen (secondary N) is 1. The molecule has 0 aliphatic carbocycles. The van der Waals surface area contributed by atoms with Crippen LogP contribution in [0.5, 0.6) is 0 Å².